The van der Waals surface area contributed by atoms with Gasteiger partial charge in [-0.25, -0.2) is 0 Å². The molecule has 2 aromatic rings. The summed E-state index contributed by atoms with van der Waals surface area (Å²) in [6.07, 6.45) is 3.50. The molecule has 1 aliphatic carbocycles. The van der Waals surface area contributed by atoms with Crippen LogP contribution in [0.3, 0.4) is 0 Å². The summed E-state index contributed by atoms with van der Waals surface area (Å²) in [5.74, 6) is -0.546. The number of ketones is 2. The summed E-state index contributed by atoms with van der Waals surface area (Å²) in [5, 5.41) is 10.5. The molecule has 3 rings (SSSR count). The van der Waals surface area contributed by atoms with E-state index in [9.17, 15) is 14.7 Å². The van der Waals surface area contributed by atoms with Crippen molar-refractivity contribution in [3.05, 3.63) is 75.9 Å². The maximum absolute atomic E-state index is 12.7. The predicted octanol–water partition coefficient (Wildman–Crippen LogP) is 4.07. The topological polar surface area (TPSA) is 54.4 Å². The number of carbonyl (C=O) groups excluding carboxylic acids is 2. The Balaban J connectivity index is 2.06. The minimum atomic E-state index is -0.281. The fraction of sp³-hybridized carbons (Fsp3) is 0.200. The molecule has 116 valence electrons. The van der Waals surface area contributed by atoms with E-state index in [1.807, 2.05) is 13.8 Å². The zero-order chi connectivity index (χ0) is 16.6. The highest BCUT2D eigenvalue weighted by Crippen LogP contribution is 2.35. The number of aryl methyl sites for hydroxylation is 1. The molecule has 0 saturated carbocycles. The summed E-state index contributed by atoms with van der Waals surface area (Å²) in [6.45, 7) is 4.04. The maximum Gasteiger partial charge on any atom is 0.198 e. The first-order chi connectivity index (χ1) is 11.0. The zero-order valence-corrected chi connectivity index (χ0v) is 13.2. The Hall–Kier alpha value is -2.68. The molecule has 0 aliphatic heterocycles. The molecular weight excluding hydrogens is 288 g/mol. The average molecular weight is 306 g/mol. The van der Waals surface area contributed by atoms with Crippen LogP contribution in [0.2, 0.25) is 0 Å². The number of hydrogen-bond donors (Lipinski definition) is 1. The molecule has 0 bridgehead atoms. The molecule has 23 heavy (non-hydrogen) atoms. The van der Waals surface area contributed by atoms with E-state index in [0.717, 1.165) is 6.42 Å². The van der Waals surface area contributed by atoms with Crippen LogP contribution in [0.4, 0.5) is 0 Å². The van der Waals surface area contributed by atoms with Gasteiger partial charge in [0.1, 0.15) is 5.75 Å². The summed E-state index contributed by atoms with van der Waals surface area (Å²) in [4.78, 5) is 25.2. The molecule has 0 unspecified atom stereocenters. The van der Waals surface area contributed by atoms with Crippen molar-refractivity contribution in [3.63, 3.8) is 0 Å². The number of hydrogen-bond acceptors (Lipinski definition) is 3. The number of fused-ring (bicyclic) bond motifs is 2. The van der Waals surface area contributed by atoms with Gasteiger partial charge in [0.25, 0.3) is 0 Å². The van der Waals surface area contributed by atoms with Crippen molar-refractivity contribution in [2.75, 3.05) is 0 Å². The van der Waals surface area contributed by atoms with Gasteiger partial charge in [-0.1, -0.05) is 42.0 Å². The van der Waals surface area contributed by atoms with Crippen LogP contribution in [-0.4, -0.2) is 16.7 Å². The number of aromatic hydroxyl groups is 1. The van der Waals surface area contributed by atoms with Crippen molar-refractivity contribution < 1.29 is 14.7 Å². The molecular formula is C20H18O3. The minimum Gasteiger partial charge on any atom is -0.507 e. The first kappa shape index (κ1) is 15.2. The molecule has 3 heteroatoms. The lowest BCUT2D eigenvalue weighted by molar-refractivity contribution is 0.0976. The second-order valence-corrected chi connectivity index (χ2v) is 6.02. The third-order valence-electron chi connectivity index (χ3n) is 4.12. The molecule has 0 fully saturated rings. The number of allylic oxidation sites excluding steroid dienone is 2. The van der Waals surface area contributed by atoms with Crippen molar-refractivity contribution in [2.45, 2.75) is 26.7 Å². The van der Waals surface area contributed by atoms with Gasteiger partial charge in [0.2, 0.25) is 0 Å². The molecule has 0 heterocycles. The number of benzene rings is 2. The smallest absolute Gasteiger partial charge is 0.198 e. The Morgan fingerprint density at radius 3 is 2.26 bits per heavy atom. The van der Waals surface area contributed by atoms with Crippen molar-refractivity contribution in [3.8, 4) is 5.75 Å². The van der Waals surface area contributed by atoms with Crippen LogP contribution < -0.4 is 0 Å². The highest BCUT2D eigenvalue weighted by molar-refractivity contribution is 6.29. The Morgan fingerprint density at radius 2 is 1.61 bits per heavy atom. The number of phenolic OH excluding ortho intramolecular Hbond substituents is 1. The Labute approximate surface area is 135 Å². The largest absolute Gasteiger partial charge is 0.507 e. The molecule has 1 N–H and O–H groups in total. The van der Waals surface area contributed by atoms with E-state index in [1.165, 1.54) is 5.57 Å². The summed E-state index contributed by atoms with van der Waals surface area (Å²) in [5.41, 5.74) is 3.11. The number of carbonyl (C=O) groups is 2. The standard InChI is InChI=1S/C20H18O3/c1-12(2)6-5-7-13-10-11-16-17(18(13)21)20(23)15-9-4-3-8-14(15)19(16)22/h3-4,6,8-11,21H,5,7H2,1-2H3. The summed E-state index contributed by atoms with van der Waals surface area (Å²) < 4.78 is 0. The average Bonchev–Trinajstić information content (AvgIpc) is 2.53. The van der Waals surface area contributed by atoms with E-state index in [0.29, 0.717) is 23.1 Å². The van der Waals surface area contributed by atoms with E-state index in [-0.39, 0.29) is 28.4 Å². The van der Waals surface area contributed by atoms with E-state index in [2.05, 4.69) is 6.08 Å². The van der Waals surface area contributed by atoms with Crippen LogP contribution in [-0.2, 0) is 6.42 Å². The van der Waals surface area contributed by atoms with E-state index < -0.39 is 0 Å². The fourth-order valence-electron chi connectivity index (χ4n) is 2.93. The zero-order valence-electron chi connectivity index (χ0n) is 13.2. The van der Waals surface area contributed by atoms with Crippen molar-refractivity contribution in [1.29, 1.82) is 0 Å². The summed E-state index contributed by atoms with van der Waals surface area (Å²) >= 11 is 0. The molecule has 2 aromatic carbocycles. The van der Waals surface area contributed by atoms with Crippen LogP contribution in [0.5, 0.6) is 5.75 Å². The Morgan fingerprint density at radius 1 is 0.957 bits per heavy atom. The lowest BCUT2D eigenvalue weighted by Gasteiger charge is -2.19. The highest BCUT2D eigenvalue weighted by Gasteiger charge is 2.32. The lowest BCUT2D eigenvalue weighted by Crippen LogP contribution is -2.21. The van der Waals surface area contributed by atoms with Crippen molar-refractivity contribution >= 4 is 11.6 Å². The second-order valence-electron chi connectivity index (χ2n) is 6.02. The van der Waals surface area contributed by atoms with Gasteiger partial charge in [-0.05, 0) is 38.3 Å². The Bertz CT molecular complexity index is 840. The third-order valence-corrected chi connectivity index (χ3v) is 4.12. The van der Waals surface area contributed by atoms with Gasteiger partial charge < -0.3 is 5.11 Å². The molecule has 0 saturated heterocycles. The number of phenols is 1. The molecule has 0 spiro atoms. The summed E-state index contributed by atoms with van der Waals surface area (Å²) in [6, 6.07) is 10.1. The third kappa shape index (κ3) is 2.59. The van der Waals surface area contributed by atoms with Crippen molar-refractivity contribution in [2.24, 2.45) is 0 Å². The maximum atomic E-state index is 12.7. The van der Waals surface area contributed by atoms with E-state index >= 15 is 0 Å². The van der Waals surface area contributed by atoms with Gasteiger partial charge in [-0.3, -0.25) is 9.59 Å². The van der Waals surface area contributed by atoms with Gasteiger partial charge in [-0.15, -0.1) is 0 Å². The Kier molecular flexibility index (Phi) is 3.87. The van der Waals surface area contributed by atoms with Gasteiger partial charge in [0.05, 0.1) is 5.56 Å². The highest BCUT2D eigenvalue weighted by atomic mass is 16.3. The monoisotopic (exact) mass is 306 g/mol. The van der Waals surface area contributed by atoms with Crippen LogP contribution in [0.15, 0.2) is 48.0 Å². The minimum absolute atomic E-state index is 0.0579. The van der Waals surface area contributed by atoms with Crippen molar-refractivity contribution in [1.82, 2.24) is 0 Å². The SMILES string of the molecule is CC(C)=CCCc1ccc2c(c1O)C(=O)c1ccccc1C2=O. The molecule has 3 nitrogen and oxygen atoms in total. The first-order valence-corrected chi connectivity index (χ1v) is 7.67. The van der Waals surface area contributed by atoms with Gasteiger partial charge in [-0.2, -0.15) is 0 Å². The van der Waals surface area contributed by atoms with Crippen LogP contribution in [0, 0.1) is 0 Å². The van der Waals surface area contributed by atoms with Gasteiger partial charge >= 0.3 is 0 Å². The molecule has 0 aromatic heterocycles. The molecule has 0 amide bonds. The van der Waals surface area contributed by atoms with Gasteiger partial charge in [0, 0.05) is 16.7 Å². The molecule has 0 radical (unpaired) electrons. The molecule has 1 aliphatic rings. The fourth-order valence-corrected chi connectivity index (χ4v) is 2.93. The lowest BCUT2D eigenvalue weighted by atomic mass is 9.82. The van der Waals surface area contributed by atoms with E-state index in [1.54, 1.807) is 36.4 Å². The van der Waals surface area contributed by atoms with Crippen LogP contribution >= 0.6 is 0 Å². The summed E-state index contributed by atoms with van der Waals surface area (Å²) in [7, 11) is 0. The van der Waals surface area contributed by atoms with E-state index in [4.69, 9.17) is 0 Å². The normalized spacial score (nSPS) is 12.6. The van der Waals surface area contributed by atoms with Crippen LogP contribution in [0.1, 0.15) is 57.7 Å². The second kappa shape index (κ2) is 5.84. The predicted molar refractivity (Wildman–Crippen MR) is 89.2 cm³/mol. The molecule has 0 atom stereocenters. The first-order valence-electron chi connectivity index (χ1n) is 7.67. The quantitative estimate of drug-likeness (QED) is 0.742. The number of rotatable bonds is 3. The van der Waals surface area contributed by atoms with Crippen LogP contribution in [0.25, 0.3) is 0 Å². The van der Waals surface area contributed by atoms with Gasteiger partial charge in [0.15, 0.2) is 11.6 Å².